The van der Waals surface area contributed by atoms with Gasteiger partial charge in [0.15, 0.2) is 0 Å². The average molecular weight is 239 g/mol. The highest BCUT2D eigenvalue weighted by Crippen LogP contribution is 2.65. The van der Waals surface area contributed by atoms with Crippen LogP contribution in [0.3, 0.4) is 0 Å². The molecule has 2 aliphatic carbocycles. The molecule has 2 aliphatic rings. The number of nitrogens with one attached hydrogen (secondary N) is 1. The number of rotatable bonds is 3. The molecule has 0 unspecified atom stereocenters. The SMILES string of the molecule is COC(=O)[C@H](C)N[C@@H]1C[C@H]2CC[C@]1(C)C2(C)C. The lowest BCUT2D eigenvalue weighted by Crippen LogP contribution is -2.50. The van der Waals surface area contributed by atoms with E-state index in [-0.39, 0.29) is 12.0 Å². The summed E-state index contributed by atoms with van der Waals surface area (Å²) in [6.45, 7) is 9.04. The van der Waals surface area contributed by atoms with Crippen molar-refractivity contribution < 1.29 is 9.53 Å². The molecule has 0 heterocycles. The molecule has 3 heteroatoms. The molecule has 2 fully saturated rings. The van der Waals surface area contributed by atoms with Crippen molar-refractivity contribution >= 4 is 5.97 Å². The Hall–Kier alpha value is -0.570. The van der Waals surface area contributed by atoms with Gasteiger partial charge in [-0.3, -0.25) is 4.79 Å². The van der Waals surface area contributed by atoms with Crippen LogP contribution in [0, 0.1) is 16.7 Å². The average Bonchev–Trinajstić information content (AvgIpc) is 2.60. The molecule has 2 rings (SSSR count). The zero-order valence-electron chi connectivity index (χ0n) is 11.7. The van der Waals surface area contributed by atoms with E-state index in [0.717, 1.165) is 5.92 Å². The van der Waals surface area contributed by atoms with Crippen LogP contribution >= 0.6 is 0 Å². The van der Waals surface area contributed by atoms with Gasteiger partial charge in [-0.1, -0.05) is 20.8 Å². The summed E-state index contributed by atoms with van der Waals surface area (Å²) < 4.78 is 4.79. The summed E-state index contributed by atoms with van der Waals surface area (Å²) in [6.07, 6.45) is 3.81. The smallest absolute Gasteiger partial charge is 0.322 e. The topological polar surface area (TPSA) is 38.3 Å². The molecule has 2 saturated carbocycles. The van der Waals surface area contributed by atoms with Gasteiger partial charge in [-0.2, -0.15) is 0 Å². The van der Waals surface area contributed by atoms with E-state index in [1.807, 2.05) is 6.92 Å². The van der Waals surface area contributed by atoms with Gasteiger partial charge in [-0.25, -0.2) is 0 Å². The summed E-state index contributed by atoms with van der Waals surface area (Å²) >= 11 is 0. The Morgan fingerprint density at radius 3 is 2.47 bits per heavy atom. The number of hydrogen-bond donors (Lipinski definition) is 1. The van der Waals surface area contributed by atoms with E-state index in [9.17, 15) is 4.79 Å². The number of carbonyl (C=O) groups is 1. The van der Waals surface area contributed by atoms with Gasteiger partial charge in [0.2, 0.25) is 0 Å². The molecule has 0 amide bonds. The highest BCUT2D eigenvalue weighted by Gasteiger charge is 2.61. The highest BCUT2D eigenvalue weighted by molar-refractivity contribution is 5.75. The van der Waals surface area contributed by atoms with Crippen molar-refractivity contribution in [3.63, 3.8) is 0 Å². The Morgan fingerprint density at radius 1 is 1.41 bits per heavy atom. The number of fused-ring (bicyclic) bond motifs is 2. The minimum absolute atomic E-state index is 0.158. The molecule has 0 spiro atoms. The third-order valence-corrected chi connectivity index (χ3v) is 5.80. The van der Waals surface area contributed by atoms with E-state index in [0.29, 0.717) is 16.9 Å². The Labute approximate surface area is 104 Å². The lowest BCUT2D eigenvalue weighted by Gasteiger charge is -2.40. The minimum Gasteiger partial charge on any atom is -0.468 e. The highest BCUT2D eigenvalue weighted by atomic mass is 16.5. The molecule has 1 N–H and O–H groups in total. The maximum Gasteiger partial charge on any atom is 0.322 e. The zero-order chi connectivity index (χ0) is 12.8. The second-order valence-electron chi connectivity index (χ2n) is 6.57. The van der Waals surface area contributed by atoms with Gasteiger partial charge in [-0.15, -0.1) is 0 Å². The van der Waals surface area contributed by atoms with E-state index in [4.69, 9.17) is 4.74 Å². The summed E-state index contributed by atoms with van der Waals surface area (Å²) in [4.78, 5) is 11.5. The van der Waals surface area contributed by atoms with Crippen molar-refractivity contribution in [2.24, 2.45) is 16.7 Å². The molecule has 17 heavy (non-hydrogen) atoms. The first-order valence-electron chi connectivity index (χ1n) is 6.67. The van der Waals surface area contributed by atoms with Crippen LogP contribution in [0.15, 0.2) is 0 Å². The Kier molecular flexibility index (Phi) is 3.01. The second-order valence-corrected chi connectivity index (χ2v) is 6.57. The summed E-state index contributed by atoms with van der Waals surface area (Å²) in [7, 11) is 1.45. The predicted molar refractivity (Wildman–Crippen MR) is 67.6 cm³/mol. The van der Waals surface area contributed by atoms with Gasteiger partial charge in [0.1, 0.15) is 6.04 Å². The van der Waals surface area contributed by atoms with Crippen molar-refractivity contribution in [1.82, 2.24) is 5.32 Å². The van der Waals surface area contributed by atoms with Crippen LogP contribution in [0.5, 0.6) is 0 Å². The summed E-state index contributed by atoms with van der Waals surface area (Å²) in [5, 5.41) is 3.48. The summed E-state index contributed by atoms with van der Waals surface area (Å²) in [5.74, 6) is 0.643. The molecule has 0 radical (unpaired) electrons. The Balaban J connectivity index is 2.08. The first-order valence-corrected chi connectivity index (χ1v) is 6.67. The molecule has 0 aliphatic heterocycles. The van der Waals surface area contributed by atoms with Crippen molar-refractivity contribution in [2.75, 3.05) is 7.11 Å². The maximum absolute atomic E-state index is 11.5. The van der Waals surface area contributed by atoms with Gasteiger partial charge in [0, 0.05) is 6.04 Å². The van der Waals surface area contributed by atoms with E-state index < -0.39 is 0 Å². The molecular formula is C14H25NO2. The minimum atomic E-state index is -0.197. The van der Waals surface area contributed by atoms with Gasteiger partial charge in [-0.05, 0) is 42.9 Å². The third kappa shape index (κ3) is 1.70. The standard InChI is InChI=1S/C14H25NO2/c1-9(12(16)17-5)15-11-8-10-6-7-14(11,4)13(10,2)3/h9-11,15H,6-8H2,1-5H3/t9-,10+,11+,14-/m0/s1. The van der Waals surface area contributed by atoms with Gasteiger partial charge in [0.25, 0.3) is 0 Å². The molecule has 4 atom stereocenters. The number of hydrogen-bond acceptors (Lipinski definition) is 3. The number of carbonyl (C=O) groups excluding carboxylic acids is 1. The van der Waals surface area contributed by atoms with E-state index in [1.54, 1.807) is 0 Å². The molecule has 0 aromatic carbocycles. The van der Waals surface area contributed by atoms with E-state index in [1.165, 1.54) is 26.4 Å². The quantitative estimate of drug-likeness (QED) is 0.768. The normalized spacial score (nSPS) is 40.3. The Bertz CT molecular complexity index is 326. The number of ether oxygens (including phenoxy) is 1. The van der Waals surface area contributed by atoms with Crippen LogP contribution in [0.25, 0.3) is 0 Å². The maximum atomic E-state index is 11.5. The molecular weight excluding hydrogens is 214 g/mol. The number of methoxy groups -OCH3 is 1. The fraction of sp³-hybridized carbons (Fsp3) is 0.929. The molecule has 0 aromatic heterocycles. The molecule has 0 aromatic rings. The van der Waals surface area contributed by atoms with Crippen molar-refractivity contribution in [3.05, 3.63) is 0 Å². The lowest BCUT2D eigenvalue weighted by atomic mass is 9.69. The lowest BCUT2D eigenvalue weighted by molar-refractivity contribution is -0.143. The van der Waals surface area contributed by atoms with Gasteiger partial charge >= 0.3 is 5.97 Å². The van der Waals surface area contributed by atoms with Crippen molar-refractivity contribution in [3.8, 4) is 0 Å². The molecule has 2 bridgehead atoms. The van der Waals surface area contributed by atoms with Gasteiger partial charge in [0.05, 0.1) is 7.11 Å². The summed E-state index contributed by atoms with van der Waals surface area (Å²) in [6, 6.07) is 0.252. The molecule has 98 valence electrons. The zero-order valence-corrected chi connectivity index (χ0v) is 11.7. The second kappa shape index (κ2) is 3.98. The van der Waals surface area contributed by atoms with Crippen LogP contribution in [0.2, 0.25) is 0 Å². The van der Waals surface area contributed by atoms with Crippen LogP contribution < -0.4 is 5.32 Å². The summed E-state index contributed by atoms with van der Waals surface area (Å²) in [5.41, 5.74) is 0.709. The van der Waals surface area contributed by atoms with Gasteiger partial charge < -0.3 is 10.1 Å². The van der Waals surface area contributed by atoms with Crippen molar-refractivity contribution in [2.45, 2.75) is 59.0 Å². The van der Waals surface area contributed by atoms with Crippen LogP contribution in [0.4, 0.5) is 0 Å². The molecule has 0 saturated heterocycles. The van der Waals surface area contributed by atoms with Crippen molar-refractivity contribution in [1.29, 1.82) is 0 Å². The van der Waals surface area contributed by atoms with Crippen LogP contribution in [0.1, 0.15) is 47.0 Å². The van der Waals surface area contributed by atoms with E-state index in [2.05, 4.69) is 26.1 Å². The monoisotopic (exact) mass is 239 g/mol. The first-order chi connectivity index (χ1) is 7.83. The third-order valence-electron chi connectivity index (χ3n) is 5.80. The number of esters is 1. The Morgan fingerprint density at radius 2 is 2.06 bits per heavy atom. The fourth-order valence-electron chi connectivity index (χ4n) is 4.00. The largest absolute Gasteiger partial charge is 0.468 e. The predicted octanol–water partition coefficient (Wildman–Crippen LogP) is 2.35. The van der Waals surface area contributed by atoms with Crippen LogP contribution in [-0.4, -0.2) is 25.2 Å². The van der Waals surface area contributed by atoms with E-state index >= 15 is 0 Å². The fourth-order valence-corrected chi connectivity index (χ4v) is 4.00. The van der Waals surface area contributed by atoms with Crippen LogP contribution in [-0.2, 0) is 9.53 Å². The first kappa shape index (κ1) is 12.9. The molecule has 3 nitrogen and oxygen atoms in total.